The molecule has 0 bridgehead atoms. The van der Waals surface area contributed by atoms with E-state index < -0.39 is 0 Å². The van der Waals surface area contributed by atoms with E-state index in [9.17, 15) is 0 Å². The molecule has 0 aromatic carbocycles. The third-order valence-electron chi connectivity index (χ3n) is 6.71. The molecule has 0 aliphatic heterocycles. The van der Waals surface area contributed by atoms with Crippen molar-refractivity contribution in [1.29, 1.82) is 0 Å². The first-order valence-corrected chi connectivity index (χ1v) is 13.7. The van der Waals surface area contributed by atoms with Crippen LogP contribution in [0.1, 0.15) is 143 Å². The highest BCUT2D eigenvalue weighted by molar-refractivity contribution is 4.58. The van der Waals surface area contributed by atoms with Crippen LogP contribution in [-0.4, -0.2) is 31.7 Å². The van der Waals surface area contributed by atoms with Gasteiger partial charge in [0.15, 0.2) is 0 Å². The van der Waals surface area contributed by atoms with Crippen LogP contribution < -0.4 is 0 Å². The van der Waals surface area contributed by atoms with Gasteiger partial charge in [-0.2, -0.15) is 0 Å². The SMILES string of the molecule is CCCCCCCCCCC(C)C[N+](C)(C)CC(C)CCCCCCCCCC. The van der Waals surface area contributed by atoms with Gasteiger partial charge in [0, 0.05) is 11.8 Å². The van der Waals surface area contributed by atoms with Crippen molar-refractivity contribution in [3.8, 4) is 0 Å². The van der Waals surface area contributed by atoms with Crippen LogP contribution >= 0.6 is 0 Å². The molecule has 1 heteroatoms. The average Bonchev–Trinajstić information content (AvgIpc) is 2.65. The molecule has 0 aromatic heterocycles. The third kappa shape index (κ3) is 21.0. The second-order valence-corrected chi connectivity index (χ2v) is 11.0. The van der Waals surface area contributed by atoms with Crippen LogP contribution in [0.4, 0.5) is 0 Å². The van der Waals surface area contributed by atoms with Gasteiger partial charge in [-0.05, 0) is 12.8 Å². The van der Waals surface area contributed by atoms with Gasteiger partial charge < -0.3 is 4.48 Å². The first kappa shape index (κ1) is 29.0. The smallest absolute Gasteiger partial charge is 0.0808 e. The Kier molecular flexibility index (Phi) is 19.9. The Labute approximate surface area is 187 Å². The second kappa shape index (κ2) is 19.9. The molecule has 0 N–H and O–H groups in total. The van der Waals surface area contributed by atoms with E-state index in [0.29, 0.717) is 0 Å². The van der Waals surface area contributed by atoms with Gasteiger partial charge in [0.05, 0.1) is 27.2 Å². The fourth-order valence-electron chi connectivity index (χ4n) is 5.20. The molecule has 0 aliphatic carbocycles. The maximum atomic E-state index is 2.49. The molecular formula is C28H60N+. The van der Waals surface area contributed by atoms with Crippen LogP contribution in [0.25, 0.3) is 0 Å². The summed E-state index contributed by atoms with van der Waals surface area (Å²) in [5.41, 5.74) is 0. The lowest BCUT2D eigenvalue weighted by molar-refractivity contribution is -0.896. The molecule has 1 nitrogen and oxygen atoms in total. The highest BCUT2D eigenvalue weighted by atomic mass is 15.3. The predicted octanol–water partition coefficient (Wildman–Crippen LogP) is 9.40. The van der Waals surface area contributed by atoms with Crippen LogP contribution in [0.5, 0.6) is 0 Å². The molecule has 0 fully saturated rings. The monoisotopic (exact) mass is 410 g/mol. The minimum atomic E-state index is 0.875. The zero-order valence-corrected chi connectivity index (χ0v) is 21.7. The summed E-state index contributed by atoms with van der Waals surface area (Å²) in [5.74, 6) is 1.75. The summed E-state index contributed by atoms with van der Waals surface area (Å²) in [6.45, 7) is 12.3. The van der Waals surface area contributed by atoms with Crippen molar-refractivity contribution in [3.05, 3.63) is 0 Å². The molecule has 2 atom stereocenters. The molecule has 0 aromatic rings. The van der Waals surface area contributed by atoms with Gasteiger partial charge in [-0.15, -0.1) is 0 Å². The predicted molar refractivity (Wildman–Crippen MR) is 135 cm³/mol. The molecule has 0 aliphatic rings. The second-order valence-electron chi connectivity index (χ2n) is 11.0. The number of nitrogens with zero attached hydrogens (tertiary/aromatic N) is 1. The fourth-order valence-corrected chi connectivity index (χ4v) is 5.20. The van der Waals surface area contributed by atoms with E-state index in [-0.39, 0.29) is 0 Å². The molecule has 0 radical (unpaired) electrons. The maximum absolute atomic E-state index is 2.49. The van der Waals surface area contributed by atoms with Gasteiger partial charge in [-0.25, -0.2) is 0 Å². The number of unbranched alkanes of at least 4 members (excludes halogenated alkanes) is 14. The average molecular weight is 411 g/mol. The van der Waals surface area contributed by atoms with E-state index in [4.69, 9.17) is 0 Å². The molecule has 176 valence electrons. The number of hydrogen-bond donors (Lipinski definition) is 0. The summed E-state index contributed by atoms with van der Waals surface area (Å²) in [6.07, 6.45) is 26.0. The van der Waals surface area contributed by atoms with Gasteiger partial charge >= 0.3 is 0 Å². The van der Waals surface area contributed by atoms with Gasteiger partial charge in [0.25, 0.3) is 0 Å². The van der Waals surface area contributed by atoms with E-state index in [1.807, 2.05) is 0 Å². The Morgan fingerprint density at radius 2 is 0.724 bits per heavy atom. The van der Waals surface area contributed by atoms with Crippen molar-refractivity contribution in [2.45, 2.75) is 143 Å². The molecule has 0 saturated heterocycles. The number of rotatable bonds is 22. The van der Waals surface area contributed by atoms with E-state index in [2.05, 4.69) is 41.8 Å². The molecular weight excluding hydrogens is 350 g/mol. The molecule has 0 amide bonds. The van der Waals surface area contributed by atoms with Crippen LogP contribution in [0.3, 0.4) is 0 Å². The fraction of sp³-hybridized carbons (Fsp3) is 1.00. The lowest BCUT2D eigenvalue weighted by Crippen LogP contribution is -2.45. The Balaban J connectivity index is 3.67. The first-order chi connectivity index (χ1) is 13.9. The lowest BCUT2D eigenvalue weighted by Gasteiger charge is -2.35. The van der Waals surface area contributed by atoms with E-state index in [1.54, 1.807) is 0 Å². The van der Waals surface area contributed by atoms with Crippen molar-refractivity contribution < 1.29 is 4.48 Å². The summed E-state index contributed by atoms with van der Waals surface area (Å²) < 4.78 is 1.22. The molecule has 0 spiro atoms. The van der Waals surface area contributed by atoms with Crippen LogP contribution in [0.15, 0.2) is 0 Å². The number of quaternary nitrogens is 1. The molecule has 0 heterocycles. The van der Waals surface area contributed by atoms with Crippen molar-refractivity contribution in [2.75, 3.05) is 27.2 Å². The van der Waals surface area contributed by atoms with E-state index in [0.717, 1.165) is 11.8 Å². The molecule has 0 saturated carbocycles. The van der Waals surface area contributed by atoms with Gasteiger partial charge in [0.1, 0.15) is 0 Å². The molecule has 0 rings (SSSR count). The highest BCUT2D eigenvalue weighted by Crippen LogP contribution is 2.19. The minimum absolute atomic E-state index is 0.875. The summed E-state index contributed by atoms with van der Waals surface area (Å²) in [6, 6.07) is 0. The quantitative estimate of drug-likeness (QED) is 0.123. The molecule has 2 unspecified atom stereocenters. The maximum Gasteiger partial charge on any atom is 0.0808 e. The summed E-state index contributed by atoms with van der Waals surface area (Å²) in [5, 5.41) is 0. The Morgan fingerprint density at radius 1 is 0.448 bits per heavy atom. The largest absolute Gasteiger partial charge is 0.328 e. The Bertz CT molecular complexity index is 292. The lowest BCUT2D eigenvalue weighted by atomic mass is 9.98. The first-order valence-electron chi connectivity index (χ1n) is 13.7. The number of hydrogen-bond acceptors (Lipinski definition) is 0. The highest BCUT2D eigenvalue weighted by Gasteiger charge is 2.21. The van der Waals surface area contributed by atoms with Crippen LogP contribution in [0, 0.1) is 11.8 Å². The summed E-state index contributed by atoms with van der Waals surface area (Å²) >= 11 is 0. The van der Waals surface area contributed by atoms with Crippen molar-refractivity contribution >= 4 is 0 Å². The van der Waals surface area contributed by atoms with Crippen molar-refractivity contribution in [2.24, 2.45) is 11.8 Å². The zero-order valence-electron chi connectivity index (χ0n) is 21.7. The third-order valence-corrected chi connectivity index (χ3v) is 6.71. The van der Waals surface area contributed by atoms with Crippen LogP contribution in [-0.2, 0) is 0 Å². The minimum Gasteiger partial charge on any atom is -0.328 e. The zero-order chi connectivity index (χ0) is 21.8. The Hall–Kier alpha value is -0.0400. The van der Waals surface area contributed by atoms with Crippen molar-refractivity contribution in [3.63, 3.8) is 0 Å². The van der Waals surface area contributed by atoms with Gasteiger partial charge in [-0.3, -0.25) is 0 Å². The van der Waals surface area contributed by atoms with Gasteiger partial charge in [0.2, 0.25) is 0 Å². The van der Waals surface area contributed by atoms with Gasteiger partial charge in [-0.1, -0.05) is 130 Å². The summed E-state index contributed by atoms with van der Waals surface area (Å²) in [7, 11) is 4.93. The van der Waals surface area contributed by atoms with Crippen LogP contribution in [0.2, 0.25) is 0 Å². The standard InChI is InChI=1S/C28H60N/c1-7-9-11-13-15-17-19-21-23-27(3)25-29(5,6)26-28(4)24-22-20-18-16-14-12-10-8-2/h27-28H,7-26H2,1-6H3/q+1. The normalized spacial score (nSPS) is 14.3. The van der Waals surface area contributed by atoms with Crippen molar-refractivity contribution in [1.82, 2.24) is 0 Å². The molecule has 29 heavy (non-hydrogen) atoms. The Morgan fingerprint density at radius 3 is 1.03 bits per heavy atom. The summed E-state index contributed by atoms with van der Waals surface area (Å²) in [4.78, 5) is 0. The van der Waals surface area contributed by atoms with E-state index in [1.165, 1.54) is 133 Å². The van der Waals surface area contributed by atoms with E-state index >= 15 is 0 Å². The topological polar surface area (TPSA) is 0 Å².